The van der Waals surface area contributed by atoms with E-state index in [1.54, 1.807) is 31.5 Å². The van der Waals surface area contributed by atoms with Crippen LogP contribution in [-0.2, 0) is 11.2 Å². The highest BCUT2D eigenvalue weighted by molar-refractivity contribution is 6.00. The summed E-state index contributed by atoms with van der Waals surface area (Å²) in [4.78, 5) is 31.9. The van der Waals surface area contributed by atoms with Crippen molar-refractivity contribution in [3.8, 4) is 22.8 Å². The van der Waals surface area contributed by atoms with Gasteiger partial charge < -0.3 is 18.8 Å². The van der Waals surface area contributed by atoms with Crippen LogP contribution in [0.5, 0.6) is 11.5 Å². The SMILES string of the molecule is COc1ccc2c(c1)C(=O)CC1(CCN(C(=O)CCc3ncc(-c4ccc(C(C)C)cc4)o3)CC1)O2. The smallest absolute Gasteiger partial charge is 0.223 e. The van der Waals surface area contributed by atoms with Gasteiger partial charge >= 0.3 is 0 Å². The molecule has 5 rings (SSSR count). The molecular weight excluding hydrogens is 456 g/mol. The van der Waals surface area contributed by atoms with Gasteiger partial charge in [-0.2, -0.15) is 0 Å². The standard InChI is InChI=1S/C29H32N2O5/c1-19(2)20-4-6-21(7-5-20)26-18-30-27(35-26)10-11-28(33)31-14-12-29(13-15-31)17-24(32)23-16-22(34-3)8-9-25(23)36-29/h4-9,16,18-19H,10-15,17H2,1-3H3. The van der Waals surface area contributed by atoms with Crippen molar-refractivity contribution in [3.63, 3.8) is 0 Å². The van der Waals surface area contributed by atoms with Crippen LogP contribution < -0.4 is 9.47 Å². The van der Waals surface area contributed by atoms with Gasteiger partial charge in [0.25, 0.3) is 0 Å². The fourth-order valence-electron chi connectivity index (χ4n) is 5.01. The van der Waals surface area contributed by atoms with Gasteiger partial charge in [-0.1, -0.05) is 38.1 Å². The number of aryl methyl sites for hydroxylation is 1. The van der Waals surface area contributed by atoms with Crippen LogP contribution in [0.4, 0.5) is 0 Å². The molecule has 2 aliphatic heterocycles. The number of benzene rings is 2. The van der Waals surface area contributed by atoms with Gasteiger partial charge in [0.15, 0.2) is 17.4 Å². The van der Waals surface area contributed by atoms with Crippen molar-refractivity contribution in [3.05, 3.63) is 65.7 Å². The van der Waals surface area contributed by atoms with E-state index in [2.05, 4.69) is 31.0 Å². The van der Waals surface area contributed by atoms with Crippen LogP contribution >= 0.6 is 0 Å². The van der Waals surface area contributed by atoms with Crippen molar-refractivity contribution in [1.29, 1.82) is 0 Å². The van der Waals surface area contributed by atoms with E-state index in [1.807, 2.05) is 17.0 Å². The molecule has 0 N–H and O–H groups in total. The Hall–Kier alpha value is -3.61. The highest BCUT2D eigenvalue weighted by atomic mass is 16.5. The van der Waals surface area contributed by atoms with E-state index in [-0.39, 0.29) is 11.7 Å². The molecule has 0 atom stereocenters. The van der Waals surface area contributed by atoms with Crippen LogP contribution in [-0.4, -0.2) is 47.4 Å². The maximum absolute atomic E-state index is 12.9. The normalized spacial score (nSPS) is 16.7. The number of hydrogen-bond donors (Lipinski definition) is 0. The Balaban J connectivity index is 1.15. The second-order valence-corrected chi connectivity index (χ2v) is 10.0. The minimum atomic E-state index is -0.544. The molecular formula is C29H32N2O5. The number of methoxy groups -OCH3 is 1. The van der Waals surface area contributed by atoms with Crippen LogP contribution in [0, 0.1) is 0 Å². The van der Waals surface area contributed by atoms with E-state index in [1.165, 1.54) is 5.56 Å². The first-order valence-electron chi connectivity index (χ1n) is 12.6. The molecule has 2 aliphatic rings. The van der Waals surface area contributed by atoms with Crippen molar-refractivity contribution >= 4 is 11.7 Å². The molecule has 3 heterocycles. The summed E-state index contributed by atoms with van der Waals surface area (Å²) in [6.07, 6.45) is 4.10. The zero-order chi connectivity index (χ0) is 25.3. The summed E-state index contributed by atoms with van der Waals surface area (Å²) < 4.78 is 17.5. The summed E-state index contributed by atoms with van der Waals surface area (Å²) in [6.45, 7) is 5.46. The van der Waals surface area contributed by atoms with Crippen LogP contribution in [0.15, 0.2) is 53.1 Å². The number of hydrogen-bond acceptors (Lipinski definition) is 6. The second-order valence-electron chi connectivity index (χ2n) is 10.0. The molecule has 1 aromatic heterocycles. The topological polar surface area (TPSA) is 81.9 Å². The van der Waals surface area contributed by atoms with E-state index in [4.69, 9.17) is 13.9 Å². The maximum Gasteiger partial charge on any atom is 0.223 e. The van der Waals surface area contributed by atoms with Gasteiger partial charge in [-0.3, -0.25) is 9.59 Å². The lowest BCUT2D eigenvalue weighted by molar-refractivity contribution is -0.134. The number of rotatable bonds is 6. The molecule has 0 unspecified atom stereocenters. The maximum atomic E-state index is 12.9. The number of carbonyl (C=O) groups is 2. The van der Waals surface area contributed by atoms with Crippen molar-refractivity contribution in [2.45, 2.75) is 57.5 Å². The number of Topliss-reactive ketones (excluding diaryl/α,β-unsaturated/α-hetero) is 1. The zero-order valence-corrected chi connectivity index (χ0v) is 21.1. The van der Waals surface area contributed by atoms with Gasteiger partial charge in [0.2, 0.25) is 5.91 Å². The minimum Gasteiger partial charge on any atom is -0.497 e. The van der Waals surface area contributed by atoms with Gasteiger partial charge in [-0.05, 0) is 29.7 Å². The van der Waals surface area contributed by atoms with Gasteiger partial charge in [0, 0.05) is 44.3 Å². The summed E-state index contributed by atoms with van der Waals surface area (Å²) in [5.74, 6) is 3.13. The first kappa shape index (κ1) is 24.1. The van der Waals surface area contributed by atoms with Gasteiger partial charge in [0.05, 0.1) is 25.3 Å². The molecule has 0 radical (unpaired) electrons. The predicted octanol–water partition coefficient (Wildman–Crippen LogP) is 5.43. The number of likely N-dealkylation sites (tertiary alicyclic amines) is 1. The summed E-state index contributed by atoms with van der Waals surface area (Å²) in [5, 5.41) is 0. The summed E-state index contributed by atoms with van der Waals surface area (Å²) in [6, 6.07) is 13.6. The molecule has 1 fully saturated rings. The number of amides is 1. The molecule has 188 valence electrons. The number of ether oxygens (including phenoxy) is 2. The Kier molecular flexibility index (Phi) is 6.56. The van der Waals surface area contributed by atoms with Crippen molar-refractivity contribution in [1.82, 2.24) is 9.88 Å². The zero-order valence-electron chi connectivity index (χ0n) is 21.1. The van der Waals surface area contributed by atoms with Gasteiger partial charge in [-0.15, -0.1) is 0 Å². The third-order valence-electron chi connectivity index (χ3n) is 7.29. The molecule has 2 aromatic carbocycles. The lowest BCUT2D eigenvalue weighted by Crippen LogP contribution is -2.52. The summed E-state index contributed by atoms with van der Waals surface area (Å²) in [7, 11) is 1.58. The molecule has 0 saturated carbocycles. The molecule has 1 amide bonds. The molecule has 7 heteroatoms. The Labute approximate surface area is 211 Å². The molecule has 7 nitrogen and oxygen atoms in total. The van der Waals surface area contributed by atoms with Gasteiger partial charge in [-0.25, -0.2) is 4.98 Å². The largest absolute Gasteiger partial charge is 0.497 e. The Morgan fingerprint density at radius 2 is 1.89 bits per heavy atom. The lowest BCUT2D eigenvalue weighted by Gasteiger charge is -2.44. The van der Waals surface area contributed by atoms with E-state index < -0.39 is 5.60 Å². The van der Waals surface area contributed by atoms with Crippen LogP contribution in [0.3, 0.4) is 0 Å². The number of fused-ring (bicyclic) bond motifs is 1. The second kappa shape index (κ2) is 9.80. The average molecular weight is 489 g/mol. The van der Waals surface area contributed by atoms with Crippen molar-refractivity contribution in [2.24, 2.45) is 0 Å². The third kappa shape index (κ3) is 4.87. The fourth-order valence-corrected chi connectivity index (χ4v) is 5.01. The quantitative estimate of drug-likeness (QED) is 0.460. The lowest BCUT2D eigenvalue weighted by atomic mass is 9.82. The number of oxazole rings is 1. The number of nitrogens with zero attached hydrogens (tertiary/aromatic N) is 2. The highest BCUT2D eigenvalue weighted by Gasteiger charge is 2.43. The average Bonchev–Trinajstić information content (AvgIpc) is 3.37. The van der Waals surface area contributed by atoms with E-state index in [9.17, 15) is 9.59 Å². The van der Waals surface area contributed by atoms with Crippen molar-refractivity contribution in [2.75, 3.05) is 20.2 Å². The first-order valence-corrected chi connectivity index (χ1v) is 12.6. The molecule has 1 spiro atoms. The molecule has 0 bridgehead atoms. The first-order chi connectivity index (χ1) is 17.4. The predicted molar refractivity (Wildman–Crippen MR) is 135 cm³/mol. The Morgan fingerprint density at radius 3 is 2.58 bits per heavy atom. The Bertz CT molecular complexity index is 1250. The van der Waals surface area contributed by atoms with Crippen molar-refractivity contribution < 1.29 is 23.5 Å². The molecule has 36 heavy (non-hydrogen) atoms. The molecule has 0 aliphatic carbocycles. The van der Waals surface area contributed by atoms with Crippen LogP contribution in [0.25, 0.3) is 11.3 Å². The fraction of sp³-hybridized carbons (Fsp3) is 0.414. The monoisotopic (exact) mass is 488 g/mol. The third-order valence-corrected chi connectivity index (χ3v) is 7.29. The number of carbonyl (C=O) groups excluding carboxylic acids is 2. The van der Waals surface area contributed by atoms with E-state index in [0.717, 1.165) is 5.56 Å². The number of piperidine rings is 1. The molecule has 3 aromatic rings. The summed E-state index contributed by atoms with van der Waals surface area (Å²) in [5.41, 5.74) is 2.28. The minimum absolute atomic E-state index is 0.0634. The Morgan fingerprint density at radius 1 is 1.14 bits per heavy atom. The number of aromatic nitrogens is 1. The van der Waals surface area contributed by atoms with Gasteiger partial charge in [0.1, 0.15) is 17.1 Å². The molecule has 1 saturated heterocycles. The number of ketones is 1. The van der Waals surface area contributed by atoms with E-state index >= 15 is 0 Å². The highest BCUT2D eigenvalue weighted by Crippen LogP contribution is 2.40. The van der Waals surface area contributed by atoms with Crippen LogP contribution in [0.2, 0.25) is 0 Å². The summed E-state index contributed by atoms with van der Waals surface area (Å²) >= 11 is 0. The van der Waals surface area contributed by atoms with Crippen LogP contribution in [0.1, 0.15) is 67.3 Å². The van der Waals surface area contributed by atoms with E-state index in [0.29, 0.717) is 79.8 Å².